The molecule has 0 N–H and O–H groups in total. The minimum absolute atomic E-state index is 0.0175. The number of nitrogens with zero attached hydrogens (tertiary/aromatic N) is 4. The second-order valence-corrected chi connectivity index (χ2v) is 11.8. The van der Waals surface area contributed by atoms with E-state index in [4.69, 9.17) is 11.6 Å². The van der Waals surface area contributed by atoms with Crippen LogP contribution in [0.15, 0.2) is 77.7 Å². The molecule has 3 aromatic rings. The van der Waals surface area contributed by atoms with Gasteiger partial charge in [-0.25, -0.2) is 17.5 Å². The van der Waals surface area contributed by atoms with Crippen molar-refractivity contribution in [1.82, 2.24) is 9.21 Å². The van der Waals surface area contributed by atoms with Crippen molar-refractivity contribution in [1.29, 1.82) is 0 Å². The highest BCUT2D eigenvalue weighted by Crippen LogP contribution is 2.33. The Morgan fingerprint density at radius 2 is 1.55 bits per heavy atom. The normalized spacial score (nSPS) is 18.3. The van der Waals surface area contributed by atoms with E-state index in [-0.39, 0.29) is 22.4 Å². The third-order valence-electron chi connectivity index (χ3n) is 7.09. The van der Waals surface area contributed by atoms with Crippen LogP contribution in [0.4, 0.5) is 16.2 Å². The average Bonchev–Trinajstić information content (AvgIpc) is 3.28. The number of benzene rings is 3. The predicted molar refractivity (Wildman–Crippen MR) is 148 cm³/mol. The molecule has 38 heavy (non-hydrogen) atoms. The van der Waals surface area contributed by atoms with E-state index in [2.05, 4.69) is 36.9 Å². The molecular formula is C28H29ClN4O4S. The number of hydrogen-bond acceptors (Lipinski definition) is 5. The summed E-state index contributed by atoms with van der Waals surface area (Å²) in [6.45, 7) is 6.06. The summed E-state index contributed by atoms with van der Waals surface area (Å²) in [5.74, 6) is -0.278. The van der Waals surface area contributed by atoms with Crippen LogP contribution in [-0.4, -0.2) is 68.3 Å². The number of piperazine rings is 1. The Hall–Kier alpha value is -3.56. The van der Waals surface area contributed by atoms with Crippen LogP contribution in [-0.2, 0) is 14.8 Å². The quantitative estimate of drug-likeness (QED) is 0.471. The zero-order chi connectivity index (χ0) is 27.0. The maximum absolute atomic E-state index is 13.8. The van der Waals surface area contributed by atoms with Gasteiger partial charge in [0, 0.05) is 37.6 Å². The SMILES string of the molecule is Cc1ccc(C)c(N2CCN(C(=O)C3CN(S(=O)(=O)c4ccccc4Cl)C(=O)N3c3ccccc3)CC2)c1. The van der Waals surface area contributed by atoms with Gasteiger partial charge in [0.05, 0.1) is 11.6 Å². The number of hydrogen-bond donors (Lipinski definition) is 0. The van der Waals surface area contributed by atoms with Gasteiger partial charge < -0.3 is 9.80 Å². The van der Waals surface area contributed by atoms with Gasteiger partial charge in [-0.3, -0.25) is 9.69 Å². The van der Waals surface area contributed by atoms with Gasteiger partial charge >= 0.3 is 6.03 Å². The number of carbonyl (C=O) groups is 2. The summed E-state index contributed by atoms with van der Waals surface area (Å²) < 4.78 is 27.8. The van der Waals surface area contributed by atoms with E-state index in [0.29, 0.717) is 31.9 Å². The van der Waals surface area contributed by atoms with Crippen LogP contribution in [0.5, 0.6) is 0 Å². The van der Waals surface area contributed by atoms with Gasteiger partial charge in [-0.1, -0.05) is 54.1 Å². The average molecular weight is 553 g/mol. The molecule has 1 atom stereocenters. The minimum atomic E-state index is -4.28. The number of aryl methyl sites for hydroxylation is 2. The van der Waals surface area contributed by atoms with E-state index >= 15 is 0 Å². The summed E-state index contributed by atoms with van der Waals surface area (Å²) in [4.78, 5) is 32.5. The first kappa shape index (κ1) is 26.1. The van der Waals surface area contributed by atoms with Crippen LogP contribution >= 0.6 is 11.6 Å². The van der Waals surface area contributed by atoms with Crippen LogP contribution in [0.25, 0.3) is 0 Å². The molecule has 1 unspecified atom stereocenters. The zero-order valence-electron chi connectivity index (χ0n) is 21.2. The van der Waals surface area contributed by atoms with Gasteiger partial charge in [0.15, 0.2) is 0 Å². The first-order chi connectivity index (χ1) is 18.2. The maximum Gasteiger partial charge on any atom is 0.339 e. The van der Waals surface area contributed by atoms with Crippen LogP contribution in [0, 0.1) is 13.8 Å². The molecule has 2 aliphatic rings. The van der Waals surface area contributed by atoms with Crippen LogP contribution in [0.2, 0.25) is 5.02 Å². The lowest BCUT2D eigenvalue weighted by atomic mass is 10.1. The Bertz CT molecular complexity index is 1470. The fourth-order valence-electron chi connectivity index (χ4n) is 5.05. The van der Waals surface area contributed by atoms with Gasteiger partial charge in [-0.2, -0.15) is 0 Å². The van der Waals surface area contributed by atoms with Gasteiger partial charge in [-0.05, 0) is 55.3 Å². The van der Waals surface area contributed by atoms with Crippen molar-refractivity contribution in [3.05, 3.63) is 88.9 Å². The van der Waals surface area contributed by atoms with Crippen LogP contribution in [0.3, 0.4) is 0 Å². The molecule has 2 saturated heterocycles. The molecule has 0 radical (unpaired) electrons. The molecule has 0 aromatic heterocycles. The van der Waals surface area contributed by atoms with Crippen molar-refractivity contribution in [3.8, 4) is 0 Å². The molecule has 198 valence electrons. The summed E-state index contributed by atoms with van der Waals surface area (Å²) in [7, 11) is -4.28. The van der Waals surface area contributed by atoms with Crippen molar-refractivity contribution in [3.63, 3.8) is 0 Å². The van der Waals surface area contributed by atoms with Crippen molar-refractivity contribution in [2.45, 2.75) is 24.8 Å². The monoisotopic (exact) mass is 552 g/mol. The van der Waals surface area contributed by atoms with E-state index in [1.54, 1.807) is 47.4 Å². The molecule has 3 amide bonds. The van der Waals surface area contributed by atoms with E-state index in [9.17, 15) is 18.0 Å². The Labute approximate surface area is 228 Å². The number of rotatable bonds is 5. The van der Waals surface area contributed by atoms with E-state index < -0.39 is 22.1 Å². The van der Waals surface area contributed by atoms with Crippen LogP contribution < -0.4 is 9.80 Å². The highest BCUT2D eigenvalue weighted by molar-refractivity contribution is 7.89. The van der Waals surface area contributed by atoms with Crippen LogP contribution in [0.1, 0.15) is 11.1 Å². The van der Waals surface area contributed by atoms with Gasteiger partial charge in [0.2, 0.25) is 5.91 Å². The highest BCUT2D eigenvalue weighted by Gasteiger charge is 2.49. The summed E-state index contributed by atoms with van der Waals surface area (Å²) in [6, 6.07) is 19.2. The van der Waals surface area contributed by atoms with E-state index in [1.165, 1.54) is 28.2 Å². The Morgan fingerprint density at radius 1 is 0.895 bits per heavy atom. The molecule has 2 aliphatic heterocycles. The highest BCUT2D eigenvalue weighted by atomic mass is 35.5. The van der Waals surface area contributed by atoms with Gasteiger partial charge in [0.1, 0.15) is 10.9 Å². The largest absolute Gasteiger partial charge is 0.368 e. The number of anilines is 2. The maximum atomic E-state index is 13.8. The van der Waals surface area contributed by atoms with E-state index in [0.717, 1.165) is 9.99 Å². The standard InChI is InChI=1S/C28H29ClN4O4S/c1-20-12-13-21(2)24(18-20)30-14-16-31(17-15-30)27(34)25-19-32(28(35)33(25)22-8-4-3-5-9-22)38(36,37)26-11-7-6-10-23(26)29/h3-13,18,25H,14-17,19H2,1-2H3. The zero-order valence-corrected chi connectivity index (χ0v) is 22.8. The summed E-state index contributed by atoms with van der Waals surface area (Å²) in [5, 5.41) is 0.0175. The molecule has 0 aliphatic carbocycles. The lowest BCUT2D eigenvalue weighted by Crippen LogP contribution is -2.55. The fourth-order valence-corrected chi connectivity index (χ4v) is 6.91. The number of sulfonamides is 1. The topological polar surface area (TPSA) is 81.2 Å². The second-order valence-electron chi connectivity index (χ2n) is 9.57. The van der Waals surface area contributed by atoms with Crippen molar-refractivity contribution in [2.75, 3.05) is 42.5 Å². The predicted octanol–water partition coefficient (Wildman–Crippen LogP) is 4.31. The lowest BCUT2D eigenvalue weighted by Gasteiger charge is -2.38. The molecular weight excluding hydrogens is 524 g/mol. The number of urea groups is 1. The molecule has 3 aromatic carbocycles. The first-order valence-corrected chi connectivity index (χ1v) is 14.3. The number of para-hydroxylation sites is 1. The molecule has 5 rings (SSSR count). The molecule has 0 saturated carbocycles. The Morgan fingerprint density at radius 3 is 2.24 bits per heavy atom. The number of amides is 3. The summed E-state index contributed by atoms with van der Waals surface area (Å²) in [6.07, 6.45) is 0. The summed E-state index contributed by atoms with van der Waals surface area (Å²) >= 11 is 6.18. The molecule has 0 spiro atoms. The van der Waals surface area contributed by atoms with Gasteiger partial charge in [-0.15, -0.1) is 0 Å². The smallest absolute Gasteiger partial charge is 0.339 e. The molecule has 10 heteroatoms. The van der Waals surface area contributed by atoms with Crippen molar-refractivity contribution in [2.24, 2.45) is 0 Å². The molecule has 2 fully saturated rings. The first-order valence-electron chi connectivity index (χ1n) is 12.4. The third kappa shape index (κ3) is 4.72. The number of halogens is 1. The Balaban J connectivity index is 1.41. The van der Waals surface area contributed by atoms with Crippen molar-refractivity contribution < 1.29 is 18.0 Å². The summed E-state index contributed by atoms with van der Waals surface area (Å²) in [5.41, 5.74) is 3.96. The van der Waals surface area contributed by atoms with Gasteiger partial charge in [0.25, 0.3) is 10.0 Å². The third-order valence-corrected chi connectivity index (χ3v) is 9.33. The molecule has 2 heterocycles. The van der Waals surface area contributed by atoms with Crippen molar-refractivity contribution >= 4 is 44.9 Å². The fraction of sp³-hybridized carbons (Fsp3) is 0.286. The molecule has 8 nitrogen and oxygen atoms in total. The molecule has 0 bridgehead atoms. The minimum Gasteiger partial charge on any atom is -0.368 e. The number of carbonyl (C=O) groups excluding carboxylic acids is 2. The van der Waals surface area contributed by atoms with E-state index in [1.807, 2.05) is 0 Å². The second kappa shape index (κ2) is 10.3. The Kier molecular flexibility index (Phi) is 7.07. The lowest BCUT2D eigenvalue weighted by molar-refractivity contribution is -0.132.